The van der Waals surface area contributed by atoms with Gasteiger partial charge < -0.3 is 14.3 Å². The normalized spacial score (nSPS) is 22.3. The molecule has 6 nitrogen and oxygen atoms in total. The number of pyridine rings is 1. The van der Waals surface area contributed by atoms with Crippen LogP contribution in [0.1, 0.15) is 37.2 Å². The number of likely N-dealkylation sites (tertiary alicyclic amines) is 1. The van der Waals surface area contributed by atoms with Crippen LogP contribution < -0.4 is 4.74 Å². The summed E-state index contributed by atoms with van der Waals surface area (Å²) in [5, 5.41) is 1.74. The molecule has 2 saturated heterocycles. The number of rotatable bonds is 11. The van der Waals surface area contributed by atoms with Gasteiger partial charge in [0, 0.05) is 50.8 Å². The van der Waals surface area contributed by atoms with Gasteiger partial charge in [-0.25, -0.2) is 4.98 Å². The van der Waals surface area contributed by atoms with Crippen LogP contribution in [0.15, 0.2) is 36.5 Å². The molecule has 0 amide bonds. The number of hydrogen-bond donors (Lipinski definition) is 0. The van der Waals surface area contributed by atoms with E-state index in [1.165, 1.54) is 5.56 Å². The van der Waals surface area contributed by atoms with Gasteiger partial charge in [0.2, 0.25) is 5.88 Å². The minimum Gasteiger partial charge on any atom is -0.478 e. The van der Waals surface area contributed by atoms with E-state index in [0.29, 0.717) is 45.8 Å². The van der Waals surface area contributed by atoms with Crippen LogP contribution >= 0.6 is 34.8 Å². The largest absolute Gasteiger partial charge is 0.478 e. The van der Waals surface area contributed by atoms with Crippen molar-refractivity contribution in [2.75, 3.05) is 46.0 Å². The number of benzene rings is 1. The Bertz CT molecular complexity index is 957. The first kappa shape index (κ1) is 26.6. The summed E-state index contributed by atoms with van der Waals surface area (Å²) in [5.41, 5.74) is 1.20. The van der Waals surface area contributed by atoms with E-state index in [2.05, 4.69) is 20.9 Å². The summed E-state index contributed by atoms with van der Waals surface area (Å²) >= 11 is 18.6. The van der Waals surface area contributed by atoms with Crippen molar-refractivity contribution < 1.29 is 14.3 Å². The van der Waals surface area contributed by atoms with Crippen LogP contribution in [0.5, 0.6) is 5.88 Å². The lowest BCUT2D eigenvalue weighted by atomic mass is 9.87. The molecule has 35 heavy (non-hydrogen) atoms. The number of aldehydes is 1. The predicted molar refractivity (Wildman–Crippen MR) is 140 cm³/mol. The van der Waals surface area contributed by atoms with Crippen LogP contribution in [-0.2, 0) is 9.53 Å². The van der Waals surface area contributed by atoms with E-state index in [0.717, 1.165) is 64.9 Å². The summed E-state index contributed by atoms with van der Waals surface area (Å²) in [6, 6.07) is 9.56. The lowest BCUT2D eigenvalue weighted by Crippen LogP contribution is -2.52. The van der Waals surface area contributed by atoms with Crippen molar-refractivity contribution in [2.24, 2.45) is 5.92 Å². The summed E-state index contributed by atoms with van der Waals surface area (Å²) in [7, 11) is 0. The van der Waals surface area contributed by atoms with Crippen molar-refractivity contribution in [3.63, 3.8) is 0 Å². The Balaban J connectivity index is 1.49. The number of unbranched alkanes of at least 4 members (excludes halogenated alkanes) is 1. The summed E-state index contributed by atoms with van der Waals surface area (Å²) in [4.78, 5) is 20.3. The fourth-order valence-corrected chi connectivity index (χ4v) is 5.60. The number of ether oxygens (including phenoxy) is 2. The van der Waals surface area contributed by atoms with Gasteiger partial charge in [0.15, 0.2) is 0 Å². The van der Waals surface area contributed by atoms with Crippen molar-refractivity contribution >= 4 is 41.1 Å². The van der Waals surface area contributed by atoms with Crippen molar-refractivity contribution in [3.05, 3.63) is 57.2 Å². The van der Waals surface area contributed by atoms with E-state index in [1.807, 2.05) is 12.1 Å². The Morgan fingerprint density at radius 2 is 1.91 bits per heavy atom. The molecule has 0 saturated carbocycles. The Labute approximate surface area is 222 Å². The first-order valence-electron chi connectivity index (χ1n) is 12.2. The van der Waals surface area contributed by atoms with E-state index >= 15 is 0 Å². The zero-order chi connectivity index (χ0) is 24.6. The average molecular weight is 541 g/mol. The van der Waals surface area contributed by atoms with Gasteiger partial charge in [0.1, 0.15) is 6.29 Å². The Morgan fingerprint density at radius 3 is 2.63 bits per heavy atom. The molecule has 3 atom stereocenters. The van der Waals surface area contributed by atoms with E-state index in [9.17, 15) is 4.79 Å². The predicted octanol–water partition coefficient (Wildman–Crippen LogP) is 5.55. The van der Waals surface area contributed by atoms with E-state index < -0.39 is 0 Å². The first-order chi connectivity index (χ1) is 17.0. The molecule has 190 valence electrons. The lowest BCUT2D eigenvalue weighted by molar-refractivity contribution is -0.108. The van der Waals surface area contributed by atoms with Crippen molar-refractivity contribution in [3.8, 4) is 5.88 Å². The summed E-state index contributed by atoms with van der Waals surface area (Å²) in [6.07, 6.45) is 6.22. The second kappa shape index (κ2) is 13.2. The smallest absolute Gasteiger partial charge is 0.213 e. The molecule has 4 rings (SSSR count). The number of morpholine rings is 1. The topological polar surface area (TPSA) is 54.9 Å². The van der Waals surface area contributed by atoms with Crippen LogP contribution in [0.4, 0.5) is 0 Å². The third-order valence-electron chi connectivity index (χ3n) is 6.95. The highest BCUT2D eigenvalue weighted by Gasteiger charge is 2.39. The van der Waals surface area contributed by atoms with Crippen molar-refractivity contribution in [2.45, 2.75) is 37.8 Å². The van der Waals surface area contributed by atoms with Crippen LogP contribution in [0.25, 0.3) is 0 Å². The SMILES string of the molecule is O=CCCCC(N1CCOCC1)N1C[C@@H](CCOc2ccc(Cl)cn2)[C@@H](c2ccc(Cl)c(Cl)c2)C1. The summed E-state index contributed by atoms with van der Waals surface area (Å²) in [5.74, 6) is 1.27. The van der Waals surface area contributed by atoms with Crippen LogP contribution in [0.3, 0.4) is 0 Å². The van der Waals surface area contributed by atoms with Gasteiger partial charge in [-0.05, 0) is 48.9 Å². The number of carbonyl (C=O) groups is 1. The molecular formula is C26H32Cl3N3O3. The second-order valence-corrected chi connectivity index (χ2v) is 10.4. The molecule has 2 fully saturated rings. The van der Waals surface area contributed by atoms with Gasteiger partial charge in [-0.1, -0.05) is 40.9 Å². The molecule has 0 aliphatic carbocycles. The zero-order valence-electron chi connectivity index (χ0n) is 19.8. The number of hydrogen-bond acceptors (Lipinski definition) is 6. The molecule has 2 aliphatic heterocycles. The van der Waals surface area contributed by atoms with E-state index in [1.54, 1.807) is 18.3 Å². The zero-order valence-corrected chi connectivity index (χ0v) is 22.0. The van der Waals surface area contributed by atoms with Crippen molar-refractivity contribution in [1.82, 2.24) is 14.8 Å². The standard InChI is InChI=1S/C26H32Cl3N3O3/c27-21-5-7-25(30-16-21)35-12-8-20-17-32(18-22(20)19-4-6-23(28)24(29)15-19)26(3-1-2-11-33)31-9-13-34-14-10-31/h4-7,11,15-16,20,22,26H,1-3,8-10,12-14,17-18H2/t20-,22-,26?/m1/s1. The number of aromatic nitrogens is 1. The molecule has 2 aliphatic rings. The molecule has 0 spiro atoms. The minimum absolute atomic E-state index is 0.285. The molecule has 0 radical (unpaired) electrons. The maximum Gasteiger partial charge on any atom is 0.213 e. The highest BCUT2D eigenvalue weighted by molar-refractivity contribution is 6.42. The molecule has 9 heteroatoms. The van der Waals surface area contributed by atoms with Gasteiger partial charge in [-0.2, -0.15) is 0 Å². The fourth-order valence-electron chi connectivity index (χ4n) is 5.18. The van der Waals surface area contributed by atoms with Gasteiger partial charge in [-0.3, -0.25) is 9.80 Å². The molecule has 0 N–H and O–H groups in total. The van der Waals surface area contributed by atoms with Gasteiger partial charge in [0.25, 0.3) is 0 Å². The monoisotopic (exact) mass is 539 g/mol. The van der Waals surface area contributed by atoms with E-state index in [-0.39, 0.29) is 6.17 Å². The maximum absolute atomic E-state index is 11.0. The summed E-state index contributed by atoms with van der Waals surface area (Å²) in [6.45, 7) is 5.76. The molecule has 1 unspecified atom stereocenters. The number of carbonyl (C=O) groups excluding carboxylic acids is 1. The van der Waals surface area contributed by atoms with E-state index in [4.69, 9.17) is 44.3 Å². The second-order valence-electron chi connectivity index (χ2n) is 9.17. The van der Waals surface area contributed by atoms with Crippen LogP contribution in [-0.4, -0.2) is 73.2 Å². The maximum atomic E-state index is 11.0. The highest BCUT2D eigenvalue weighted by Crippen LogP contribution is 2.39. The first-order valence-corrected chi connectivity index (χ1v) is 13.4. The van der Waals surface area contributed by atoms with Crippen LogP contribution in [0, 0.1) is 5.92 Å². The highest BCUT2D eigenvalue weighted by atomic mass is 35.5. The fraction of sp³-hybridized carbons (Fsp3) is 0.538. The molecule has 3 heterocycles. The molecule has 2 aromatic rings. The molecular weight excluding hydrogens is 509 g/mol. The average Bonchev–Trinajstić information content (AvgIpc) is 3.29. The minimum atomic E-state index is 0.285. The number of nitrogens with zero attached hydrogens (tertiary/aromatic N) is 3. The van der Waals surface area contributed by atoms with Gasteiger partial charge in [0.05, 0.1) is 41.1 Å². The lowest BCUT2D eigenvalue weighted by Gasteiger charge is -2.40. The Morgan fingerprint density at radius 1 is 1.09 bits per heavy atom. The Kier molecular flexibility index (Phi) is 10.1. The van der Waals surface area contributed by atoms with Crippen molar-refractivity contribution in [1.29, 1.82) is 0 Å². The molecule has 1 aromatic heterocycles. The number of halogens is 3. The Hall–Kier alpha value is -1.41. The van der Waals surface area contributed by atoms with Gasteiger partial charge in [-0.15, -0.1) is 0 Å². The van der Waals surface area contributed by atoms with Crippen LogP contribution in [0.2, 0.25) is 15.1 Å². The van der Waals surface area contributed by atoms with Gasteiger partial charge >= 0.3 is 0 Å². The third-order valence-corrected chi connectivity index (χ3v) is 7.92. The summed E-state index contributed by atoms with van der Waals surface area (Å²) < 4.78 is 11.5. The molecule has 1 aromatic carbocycles. The quantitative estimate of drug-likeness (QED) is 0.275. The third kappa shape index (κ3) is 7.31. The molecule has 0 bridgehead atoms.